The number of hydrogen-bond acceptors (Lipinski definition) is 6. The fourth-order valence-corrected chi connectivity index (χ4v) is 7.00. The Hall–Kier alpha value is -4.45. The second kappa shape index (κ2) is 14.3. The Bertz CT molecular complexity index is 1840. The van der Waals surface area contributed by atoms with Crippen molar-refractivity contribution in [3.63, 3.8) is 0 Å². The summed E-state index contributed by atoms with van der Waals surface area (Å²) in [7, 11) is -10.2. The number of alkyl halides is 2. The van der Waals surface area contributed by atoms with E-state index < -0.39 is 93.1 Å². The van der Waals surface area contributed by atoms with Crippen LogP contribution in [0.25, 0.3) is 0 Å². The Morgan fingerprint density at radius 2 is 1.61 bits per heavy atom. The van der Waals surface area contributed by atoms with Gasteiger partial charge >= 0.3 is 16.3 Å². The highest BCUT2D eigenvalue weighted by atomic mass is 32.5. The minimum absolute atomic E-state index is 0.0469. The van der Waals surface area contributed by atoms with E-state index in [1.165, 1.54) is 0 Å². The first-order valence-corrected chi connectivity index (χ1v) is 19.0. The van der Waals surface area contributed by atoms with Crippen LogP contribution in [0.15, 0.2) is 78.0 Å². The highest BCUT2D eigenvalue weighted by molar-refractivity contribution is 8.45. The first-order chi connectivity index (χ1) is 24.9. The third-order valence-corrected chi connectivity index (χ3v) is 10.1. The SMILES string of the molecule is CC(C)(C)OC(=O)N1C[C@@H](OCc2ccccc2)C[C@@H]1C(=O)N(c1ccc(S(F)(F)(F)(F)F)cc1)C(C(=O)NC1CCC(F)(F)CC1)c1cncc(F)c1. The summed E-state index contributed by atoms with van der Waals surface area (Å²) in [6, 6.07) is 6.64. The van der Waals surface area contributed by atoms with Gasteiger partial charge in [-0.3, -0.25) is 24.4 Å². The van der Waals surface area contributed by atoms with Crippen LogP contribution >= 0.6 is 10.2 Å². The largest absolute Gasteiger partial charge is 0.444 e. The molecule has 0 bridgehead atoms. The number of halogens is 8. The van der Waals surface area contributed by atoms with Gasteiger partial charge < -0.3 is 14.8 Å². The smallest absolute Gasteiger partial charge is 0.411 e. The monoisotopic (exact) mass is 792 g/mol. The zero-order valence-corrected chi connectivity index (χ0v) is 30.3. The number of nitrogens with zero attached hydrogens (tertiary/aromatic N) is 3. The fraction of sp³-hybridized carbons (Fsp3) is 0.444. The number of carbonyl (C=O) groups is 3. The number of aromatic nitrogens is 1. The molecule has 9 nitrogen and oxygen atoms in total. The molecule has 0 spiro atoms. The zero-order valence-electron chi connectivity index (χ0n) is 29.5. The van der Waals surface area contributed by atoms with Crippen molar-refractivity contribution in [3.05, 3.63) is 90.0 Å². The van der Waals surface area contributed by atoms with E-state index in [1.54, 1.807) is 51.1 Å². The molecule has 54 heavy (non-hydrogen) atoms. The summed E-state index contributed by atoms with van der Waals surface area (Å²) < 4.78 is 123. The number of likely N-dealkylation sites (tertiary alicyclic amines) is 1. The van der Waals surface area contributed by atoms with Crippen molar-refractivity contribution in [2.75, 3.05) is 11.4 Å². The average molecular weight is 793 g/mol. The molecule has 1 aliphatic heterocycles. The van der Waals surface area contributed by atoms with Crippen molar-refractivity contribution in [2.24, 2.45) is 0 Å². The topological polar surface area (TPSA) is 101 Å². The predicted octanol–water partition coefficient (Wildman–Crippen LogP) is 9.24. The summed E-state index contributed by atoms with van der Waals surface area (Å²) in [4.78, 5) is 45.9. The van der Waals surface area contributed by atoms with E-state index in [-0.39, 0.29) is 50.1 Å². The van der Waals surface area contributed by atoms with Crippen LogP contribution in [0.1, 0.15) is 70.0 Å². The normalized spacial score (nSPS) is 21.1. The van der Waals surface area contributed by atoms with E-state index in [0.717, 1.165) is 28.9 Å². The maximum Gasteiger partial charge on any atom is 0.411 e. The number of rotatable bonds is 10. The molecule has 1 saturated carbocycles. The quantitative estimate of drug-likeness (QED) is 0.206. The van der Waals surface area contributed by atoms with E-state index >= 15 is 0 Å². The molecule has 1 aromatic heterocycles. The van der Waals surface area contributed by atoms with Gasteiger partial charge in [-0.05, 0) is 69.5 Å². The number of pyridine rings is 1. The van der Waals surface area contributed by atoms with Gasteiger partial charge in [0.1, 0.15) is 28.4 Å². The third-order valence-electron chi connectivity index (χ3n) is 8.91. The summed E-state index contributed by atoms with van der Waals surface area (Å²) in [6.45, 7) is 4.59. The first kappa shape index (κ1) is 40.7. The summed E-state index contributed by atoms with van der Waals surface area (Å²) in [5.41, 5.74) is -1.10. The van der Waals surface area contributed by atoms with Gasteiger partial charge in [0.25, 0.3) is 5.91 Å². The molecule has 2 aliphatic rings. The number of benzene rings is 2. The second-order valence-corrected chi connectivity index (χ2v) is 16.9. The molecule has 1 saturated heterocycles. The van der Waals surface area contributed by atoms with E-state index in [0.29, 0.717) is 17.0 Å². The van der Waals surface area contributed by atoms with Crippen molar-refractivity contribution >= 4 is 33.8 Å². The van der Waals surface area contributed by atoms with E-state index in [1.807, 2.05) is 0 Å². The molecule has 5 rings (SSSR count). The lowest BCUT2D eigenvalue weighted by atomic mass is 9.91. The molecule has 3 atom stereocenters. The lowest BCUT2D eigenvalue weighted by Crippen LogP contribution is -2.54. The number of anilines is 1. The molecular weight excluding hydrogens is 752 g/mol. The number of amides is 3. The van der Waals surface area contributed by atoms with Gasteiger partial charge in [-0.25, -0.2) is 18.0 Å². The van der Waals surface area contributed by atoms with Gasteiger partial charge in [-0.15, -0.1) is 0 Å². The highest BCUT2D eigenvalue weighted by Gasteiger charge is 2.65. The number of ether oxygens (including phenoxy) is 2. The number of hydrogen-bond donors (Lipinski definition) is 1. The number of nitrogens with one attached hydrogen (secondary N) is 1. The molecule has 1 aliphatic carbocycles. The van der Waals surface area contributed by atoms with Crippen LogP contribution in [-0.4, -0.2) is 64.0 Å². The summed E-state index contributed by atoms with van der Waals surface area (Å²) in [5, 5.41) is 2.59. The van der Waals surface area contributed by atoms with Crippen LogP contribution in [0.5, 0.6) is 0 Å². The Labute approximate surface area is 306 Å². The van der Waals surface area contributed by atoms with Crippen LogP contribution < -0.4 is 10.2 Å². The third kappa shape index (κ3) is 10.4. The van der Waals surface area contributed by atoms with Crippen molar-refractivity contribution in [2.45, 2.75) is 100 Å². The summed E-state index contributed by atoms with van der Waals surface area (Å²) in [5.74, 6) is -6.10. The Morgan fingerprint density at radius 1 is 0.981 bits per heavy atom. The Kier molecular flexibility index (Phi) is 10.8. The average Bonchev–Trinajstić information content (AvgIpc) is 3.50. The van der Waals surface area contributed by atoms with Gasteiger partial charge in [-0.1, -0.05) is 49.8 Å². The van der Waals surface area contributed by atoms with Gasteiger partial charge in [0.05, 0.1) is 25.5 Å². The molecular formula is C36H40F8N4O5S. The standard InChI is InChI=1S/C36H40F8N4O5S/c1-35(2,3)53-34(51)47-21-28(52-22-23-7-5-4-6-8-23)18-30(47)33(50)48(27-9-11-29(12-10-27)54(40,41,42,43)44)31(24-17-25(37)20-45-19-24)32(49)46-26-13-15-36(38,39)16-14-26/h4-12,17,19-20,26,28,30-31H,13-16,18,21-22H2,1-3H3,(H,46,49)/t28-,30+,31?/m0/s1. The fourth-order valence-electron chi connectivity index (χ4n) is 6.35. The maximum atomic E-state index is 14.9. The lowest BCUT2D eigenvalue weighted by molar-refractivity contribution is -0.129. The van der Waals surface area contributed by atoms with Crippen LogP contribution in [-0.2, 0) is 25.7 Å². The summed E-state index contributed by atoms with van der Waals surface area (Å²) in [6.07, 6.45) is -1.68. The van der Waals surface area contributed by atoms with Gasteiger partial charge in [-0.2, -0.15) is 0 Å². The maximum absolute atomic E-state index is 14.9. The molecule has 2 aromatic carbocycles. The molecule has 296 valence electrons. The van der Waals surface area contributed by atoms with Crippen molar-refractivity contribution in [1.82, 2.24) is 15.2 Å². The predicted molar refractivity (Wildman–Crippen MR) is 184 cm³/mol. The minimum atomic E-state index is -10.2. The Morgan fingerprint density at radius 3 is 2.19 bits per heavy atom. The molecule has 2 heterocycles. The van der Waals surface area contributed by atoms with Gasteiger partial charge in [0, 0.05) is 42.8 Å². The minimum Gasteiger partial charge on any atom is -0.444 e. The molecule has 2 fully saturated rings. The lowest BCUT2D eigenvalue weighted by Gasteiger charge is -2.41. The van der Waals surface area contributed by atoms with Crippen LogP contribution in [0.3, 0.4) is 0 Å². The van der Waals surface area contributed by atoms with Gasteiger partial charge in [0.2, 0.25) is 11.8 Å². The molecule has 3 amide bonds. The van der Waals surface area contributed by atoms with Crippen LogP contribution in [0.2, 0.25) is 0 Å². The van der Waals surface area contributed by atoms with E-state index in [9.17, 15) is 47.0 Å². The molecule has 1 unspecified atom stereocenters. The van der Waals surface area contributed by atoms with Gasteiger partial charge in [0.15, 0.2) is 0 Å². The second-order valence-electron chi connectivity index (χ2n) is 14.5. The Balaban J connectivity index is 1.60. The van der Waals surface area contributed by atoms with E-state index in [2.05, 4.69) is 10.3 Å². The first-order valence-electron chi connectivity index (χ1n) is 17.0. The molecule has 3 aromatic rings. The number of carbonyl (C=O) groups excluding carboxylic acids is 3. The van der Waals surface area contributed by atoms with Crippen molar-refractivity contribution in [1.29, 1.82) is 0 Å². The summed E-state index contributed by atoms with van der Waals surface area (Å²) >= 11 is 0. The van der Waals surface area contributed by atoms with Crippen LogP contribution in [0, 0.1) is 5.82 Å². The highest BCUT2D eigenvalue weighted by Crippen LogP contribution is 3.02. The van der Waals surface area contributed by atoms with E-state index in [4.69, 9.17) is 9.47 Å². The van der Waals surface area contributed by atoms with Crippen LogP contribution in [0.4, 0.5) is 43.1 Å². The van der Waals surface area contributed by atoms with Crippen molar-refractivity contribution in [3.8, 4) is 0 Å². The molecule has 1 N–H and O–H groups in total. The van der Waals surface area contributed by atoms with Crippen molar-refractivity contribution < 1.29 is 56.5 Å². The zero-order chi connectivity index (χ0) is 39.8. The molecule has 18 heteroatoms. The molecule has 0 radical (unpaired) electrons.